The molecule has 0 amide bonds. The second-order valence-electron chi connectivity index (χ2n) is 7.31. The molecule has 3 unspecified atom stereocenters. The molecule has 0 bridgehead atoms. The molecule has 21 heavy (non-hydrogen) atoms. The number of hydrogen-bond acceptors (Lipinski definition) is 2. The van der Waals surface area contributed by atoms with E-state index in [1.807, 2.05) is 12.1 Å². The van der Waals surface area contributed by atoms with Crippen molar-refractivity contribution in [1.82, 2.24) is 0 Å². The van der Waals surface area contributed by atoms with Crippen molar-refractivity contribution in [3.8, 4) is 6.07 Å². The largest absolute Gasteiger partial charge is 0.388 e. The Bertz CT molecular complexity index is 573. The van der Waals surface area contributed by atoms with Gasteiger partial charge in [-0.2, -0.15) is 5.26 Å². The number of aliphatic hydroxyl groups is 1. The number of nitrogens with zero attached hydrogens (tertiary/aromatic N) is 1. The zero-order valence-electron chi connectivity index (χ0n) is 13.1. The van der Waals surface area contributed by atoms with Crippen LogP contribution in [0.25, 0.3) is 0 Å². The monoisotopic (exact) mass is 283 g/mol. The normalized spacial score (nSPS) is 35.5. The van der Waals surface area contributed by atoms with E-state index in [1.165, 1.54) is 12.0 Å². The fourth-order valence-electron chi connectivity index (χ4n) is 4.57. The third kappa shape index (κ3) is 2.10. The predicted molar refractivity (Wildman–Crippen MR) is 83.8 cm³/mol. The van der Waals surface area contributed by atoms with E-state index in [0.717, 1.165) is 37.7 Å². The van der Waals surface area contributed by atoms with Gasteiger partial charge < -0.3 is 5.11 Å². The van der Waals surface area contributed by atoms with Gasteiger partial charge in [-0.05, 0) is 55.1 Å². The van der Waals surface area contributed by atoms with Gasteiger partial charge in [0.05, 0.1) is 11.7 Å². The molecular formula is C19H25NO. The van der Waals surface area contributed by atoms with Crippen molar-refractivity contribution in [3.63, 3.8) is 0 Å². The lowest BCUT2D eigenvalue weighted by Gasteiger charge is -2.47. The summed E-state index contributed by atoms with van der Waals surface area (Å²) in [5.74, 6) is 1.10. The number of fused-ring (bicyclic) bond motifs is 1. The summed E-state index contributed by atoms with van der Waals surface area (Å²) in [5, 5.41) is 21.5. The van der Waals surface area contributed by atoms with E-state index in [2.05, 4.69) is 32.0 Å². The Morgan fingerprint density at radius 1 is 1.29 bits per heavy atom. The minimum Gasteiger partial charge on any atom is -0.388 e. The molecule has 1 aromatic carbocycles. The van der Waals surface area contributed by atoms with Gasteiger partial charge in [-0.1, -0.05) is 44.5 Å². The molecule has 1 N–H and O–H groups in total. The first-order valence-corrected chi connectivity index (χ1v) is 8.24. The van der Waals surface area contributed by atoms with E-state index < -0.39 is 11.0 Å². The topological polar surface area (TPSA) is 44.0 Å². The SMILES string of the molecule is CC(C)C1CCCC(O)(C2(C#N)CCc3ccccc32)C1. The van der Waals surface area contributed by atoms with Crippen molar-refractivity contribution in [2.45, 2.75) is 63.4 Å². The Hall–Kier alpha value is -1.33. The lowest BCUT2D eigenvalue weighted by molar-refractivity contribution is -0.0700. The summed E-state index contributed by atoms with van der Waals surface area (Å²) in [7, 11) is 0. The highest BCUT2D eigenvalue weighted by atomic mass is 16.3. The molecule has 2 aliphatic rings. The molecule has 0 spiro atoms. The number of aryl methyl sites for hydroxylation is 1. The summed E-state index contributed by atoms with van der Waals surface area (Å²) < 4.78 is 0. The van der Waals surface area contributed by atoms with Crippen molar-refractivity contribution in [1.29, 1.82) is 5.26 Å². The van der Waals surface area contributed by atoms with Crippen LogP contribution in [0.2, 0.25) is 0 Å². The Morgan fingerprint density at radius 3 is 2.76 bits per heavy atom. The molecule has 0 radical (unpaired) electrons. The maximum atomic E-state index is 11.5. The second-order valence-corrected chi connectivity index (χ2v) is 7.31. The average Bonchev–Trinajstić information content (AvgIpc) is 2.88. The average molecular weight is 283 g/mol. The van der Waals surface area contributed by atoms with Gasteiger partial charge in [-0.25, -0.2) is 0 Å². The van der Waals surface area contributed by atoms with Crippen LogP contribution < -0.4 is 0 Å². The molecule has 2 aliphatic carbocycles. The van der Waals surface area contributed by atoms with Crippen LogP contribution in [-0.4, -0.2) is 10.7 Å². The number of nitriles is 1. The second kappa shape index (κ2) is 5.14. The third-order valence-electron chi connectivity index (χ3n) is 5.94. The van der Waals surface area contributed by atoms with Crippen LogP contribution in [0, 0.1) is 23.2 Å². The number of rotatable bonds is 2. The first-order valence-electron chi connectivity index (χ1n) is 8.24. The molecule has 1 saturated carbocycles. The van der Waals surface area contributed by atoms with Crippen LogP contribution in [0.3, 0.4) is 0 Å². The van der Waals surface area contributed by atoms with Crippen molar-refractivity contribution in [3.05, 3.63) is 35.4 Å². The fraction of sp³-hybridized carbons (Fsp3) is 0.632. The maximum Gasteiger partial charge on any atom is 0.111 e. The van der Waals surface area contributed by atoms with Crippen molar-refractivity contribution < 1.29 is 5.11 Å². The van der Waals surface area contributed by atoms with E-state index >= 15 is 0 Å². The van der Waals surface area contributed by atoms with Gasteiger partial charge in [0, 0.05) is 0 Å². The zero-order valence-corrected chi connectivity index (χ0v) is 13.1. The molecule has 0 aromatic heterocycles. The molecule has 2 heteroatoms. The molecule has 0 aliphatic heterocycles. The summed E-state index contributed by atoms with van der Waals surface area (Å²) in [5.41, 5.74) is 0.775. The molecule has 0 saturated heterocycles. The van der Waals surface area contributed by atoms with Gasteiger partial charge in [-0.15, -0.1) is 0 Å². The minimum atomic E-state index is -0.860. The smallest absolute Gasteiger partial charge is 0.111 e. The van der Waals surface area contributed by atoms with Crippen molar-refractivity contribution in [2.75, 3.05) is 0 Å². The van der Waals surface area contributed by atoms with E-state index in [4.69, 9.17) is 0 Å². The van der Waals surface area contributed by atoms with Crippen LogP contribution in [0.15, 0.2) is 24.3 Å². The first-order chi connectivity index (χ1) is 10.0. The predicted octanol–water partition coefficient (Wildman–Crippen LogP) is 3.97. The van der Waals surface area contributed by atoms with Gasteiger partial charge in [0.15, 0.2) is 0 Å². The van der Waals surface area contributed by atoms with Crippen LogP contribution >= 0.6 is 0 Å². The molecule has 112 valence electrons. The van der Waals surface area contributed by atoms with Crippen LogP contribution in [0.1, 0.15) is 57.1 Å². The molecule has 1 aromatic rings. The molecule has 3 atom stereocenters. The molecule has 2 nitrogen and oxygen atoms in total. The quantitative estimate of drug-likeness (QED) is 0.892. The highest BCUT2D eigenvalue weighted by Crippen LogP contribution is 2.53. The summed E-state index contributed by atoms with van der Waals surface area (Å²) in [6, 6.07) is 10.8. The van der Waals surface area contributed by atoms with E-state index in [1.54, 1.807) is 0 Å². The summed E-state index contributed by atoms with van der Waals surface area (Å²) in [6.45, 7) is 4.47. The number of hydrogen-bond donors (Lipinski definition) is 1. The van der Waals surface area contributed by atoms with E-state index in [0.29, 0.717) is 11.8 Å². The fourth-order valence-corrected chi connectivity index (χ4v) is 4.57. The zero-order chi connectivity index (χ0) is 15.1. The Labute approximate surface area is 127 Å². The lowest BCUT2D eigenvalue weighted by atomic mass is 9.59. The first kappa shape index (κ1) is 14.6. The highest BCUT2D eigenvalue weighted by Gasteiger charge is 2.56. The molecule has 0 heterocycles. The van der Waals surface area contributed by atoms with Gasteiger partial charge in [0.1, 0.15) is 5.41 Å². The lowest BCUT2D eigenvalue weighted by Crippen LogP contribution is -2.53. The Balaban J connectivity index is 2.03. The molecule has 3 rings (SSSR count). The van der Waals surface area contributed by atoms with Crippen LogP contribution in [-0.2, 0) is 11.8 Å². The van der Waals surface area contributed by atoms with Gasteiger partial charge in [0.25, 0.3) is 0 Å². The summed E-state index contributed by atoms with van der Waals surface area (Å²) in [4.78, 5) is 0. The third-order valence-corrected chi connectivity index (χ3v) is 5.94. The Kier molecular flexibility index (Phi) is 3.58. The Morgan fingerprint density at radius 2 is 2.05 bits per heavy atom. The van der Waals surface area contributed by atoms with Crippen molar-refractivity contribution in [2.24, 2.45) is 11.8 Å². The van der Waals surface area contributed by atoms with Gasteiger partial charge in [0.2, 0.25) is 0 Å². The van der Waals surface area contributed by atoms with E-state index in [9.17, 15) is 10.4 Å². The van der Waals surface area contributed by atoms with Gasteiger partial charge in [-0.3, -0.25) is 0 Å². The molecule has 1 fully saturated rings. The van der Waals surface area contributed by atoms with Crippen LogP contribution in [0.5, 0.6) is 0 Å². The van der Waals surface area contributed by atoms with Crippen molar-refractivity contribution >= 4 is 0 Å². The number of benzene rings is 1. The highest BCUT2D eigenvalue weighted by molar-refractivity contribution is 5.47. The summed E-state index contributed by atoms with van der Waals surface area (Å²) >= 11 is 0. The van der Waals surface area contributed by atoms with E-state index in [-0.39, 0.29) is 0 Å². The standard InChI is InChI=1S/C19H25NO/c1-14(2)16-7-5-10-19(21,12-16)18(13-20)11-9-15-6-3-4-8-17(15)18/h3-4,6,8,14,16,21H,5,7,9-12H2,1-2H3. The minimum absolute atomic E-state index is 0.529. The van der Waals surface area contributed by atoms with Gasteiger partial charge >= 0.3 is 0 Å². The van der Waals surface area contributed by atoms with Crippen LogP contribution in [0.4, 0.5) is 0 Å². The summed E-state index contributed by atoms with van der Waals surface area (Å²) in [6.07, 6.45) is 5.43. The molecular weight excluding hydrogens is 258 g/mol. The maximum absolute atomic E-state index is 11.5.